The van der Waals surface area contributed by atoms with Gasteiger partial charge in [-0.1, -0.05) is 102 Å². The molecule has 1 aliphatic rings. The quantitative estimate of drug-likeness (QED) is 0.266. The van der Waals surface area contributed by atoms with Gasteiger partial charge in [0.05, 0.1) is 0 Å². The molecule has 0 aromatic heterocycles. The number of rotatable bonds is 11. The molecule has 0 aromatic rings. The number of hydrogen-bond donors (Lipinski definition) is 0. The van der Waals surface area contributed by atoms with Gasteiger partial charge >= 0.3 is 0 Å². The zero-order valence-corrected chi connectivity index (χ0v) is 26.1. The standard InChI is InChI=1S/C26H54S2Si2/c1-19(2)29(20(3)4,21(5)6)27-18-26(25-16-14-13-15-17-25)28-30(22(7)8,23(9)10)24(11)12/h18-25H,13-17H2,1-12H3/b26-18-. The molecule has 1 fully saturated rings. The molecule has 1 rings (SSSR count). The molecule has 0 aromatic carbocycles. The van der Waals surface area contributed by atoms with Crippen molar-refractivity contribution in [2.75, 3.05) is 0 Å². The average molecular weight is 487 g/mol. The number of allylic oxidation sites excluding steroid dienone is 1. The molecule has 0 amide bonds. The fourth-order valence-corrected chi connectivity index (χ4v) is 25.9. The first-order chi connectivity index (χ1) is 13.8. The van der Waals surface area contributed by atoms with Gasteiger partial charge in [0, 0.05) is 0 Å². The summed E-state index contributed by atoms with van der Waals surface area (Å²) < 4.78 is 0. The van der Waals surface area contributed by atoms with Gasteiger partial charge < -0.3 is 0 Å². The van der Waals surface area contributed by atoms with Crippen molar-refractivity contribution in [3.8, 4) is 0 Å². The summed E-state index contributed by atoms with van der Waals surface area (Å²) >= 11 is 4.79. The fourth-order valence-electron chi connectivity index (χ4n) is 6.72. The minimum atomic E-state index is -1.50. The average Bonchev–Trinajstić information content (AvgIpc) is 2.63. The van der Waals surface area contributed by atoms with Crippen molar-refractivity contribution >= 4 is 36.9 Å². The van der Waals surface area contributed by atoms with Gasteiger partial charge in [-0.15, -0.1) is 0 Å². The molecule has 0 heterocycles. The van der Waals surface area contributed by atoms with Crippen LogP contribution in [0.25, 0.3) is 0 Å². The van der Waals surface area contributed by atoms with Crippen LogP contribution in [-0.2, 0) is 0 Å². The third-order valence-electron chi connectivity index (χ3n) is 8.10. The van der Waals surface area contributed by atoms with E-state index >= 15 is 0 Å². The Balaban J connectivity index is 3.44. The van der Waals surface area contributed by atoms with Crippen LogP contribution in [0.1, 0.15) is 115 Å². The predicted octanol–water partition coefficient (Wildman–Crippen LogP) is 11.2. The topological polar surface area (TPSA) is 0 Å². The van der Waals surface area contributed by atoms with Gasteiger partial charge in [0.1, 0.15) is 14.4 Å². The van der Waals surface area contributed by atoms with Crippen LogP contribution in [0.2, 0.25) is 33.2 Å². The molecule has 0 unspecified atom stereocenters. The van der Waals surface area contributed by atoms with Crippen LogP contribution in [0, 0.1) is 5.92 Å². The van der Waals surface area contributed by atoms with E-state index in [4.69, 9.17) is 0 Å². The normalized spacial score (nSPS) is 18.1. The van der Waals surface area contributed by atoms with Crippen LogP contribution in [0.5, 0.6) is 0 Å². The second-order valence-corrected chi connectivity index (χ2v) is 28.8. The molecule has 4 heteroatoms. The van der Waals surface area contributed by atoms with Crippen LogP contribution in [0.3, 0.4) is 0 Å². The molecule has 0 spiro atoms. The Morgan fingerprint density at radius 3 is 1.30 bits per heavy atom. The Kier molecular flexibility index (Phi) is 11.9. The Bertz CT molecular complexity index is 486. The maximum absolute atomic E-state index is 2.77. The van der Waals surface area contributed by atoms with Crippen LogP contribution in [-0.4, -0.2) is 14.4 Å². The van der Waals surface area contributed by atoms with Gasteiger partial charge in [0.2, 0.25) is 0 Å². The number of hydrogen-bond acceptors (Lipinski definition) is 2. The van der Waals surface area contributed by atoms with E-state index in [1.54, 1.807) is 4.91 Å². The maximum Gasteiger partial charge on any atom is 0.130 e. The Morgan fingerprint density at radius 2 is 0.967 bits per heavy atom. The smallest absolute Gasteiger partial charge is 0.130 e. The SMILES string of the molecule is CC(C)[Si](S/C=C(\S[Si](C(C)C)(C(C)C)C(C)C)C1CCCCC1)(C(C)C)C(C)C. The van der Waals surface area contributed by atoms with Crippen molar-refractivity contribution < 1.29 is 0 Å². The zero-order valence-electron chi connectivity index (χ0n) is 22.5. The second kappa shape index (κ2) is 12.4. The van der Waals surface area contributed by atoms with Gasteiger partial charge in [-0.05, 0) is 62.3 Å². The highest BCUT2D eigenvalue weighted by atomic mass is 32.4. The zero-order chi connectivity index (χ0) is 23.3. The summed E-state index contributed by atoms with van der Waals surface area (Å²) in [5, 5.41) is 2.77. The van der Waals surface area contributed by atoms with E-state index in [9.17, 15) is 0 Å². The first kappa shape index (κ1) is 28.9. The second-order valence-electron chi connectivity index (χ2n) is 11.7. The summed E-state index contributed by atoms with van der Waals surface area (Å²) in [5.74, 6) is 0.831. The van der Waals surface area contributed by atoms with Crippen LogP contribution in [0.15, 0.2) is 10.3 Å². The third kappa shape index (κ3) is 6.26. The lowest BCUT2D eigenvalue weighted by molar-refractivity contribution is 0.415. The van der Waals surface area contributed by atoms with Crippen molar-refractivity contribution in [1.82, 2.24) is 0 Å². The Hall–Kier alpha value is 0.874. The van der Waals surface area contributed by atoms with Crippen LogP contribution < -0.4 is 0 Å². The van der Waals surface area contributed by atoms with Gasteiger partial charge in [0.25, 0.3) is 0 Å². The van der Waals surface area contributed by atoms with E-state index in [0.717, 1.165) is 39.2 Å². The van der Waals surface area contributed by atoms with Crippen molar-refractivity contribution in [3.05, 3.63) is 10.3 Å². The van der Waals surface area contributed by atoms with E-state index < -0.39 is 14.4 Å². The molecule has 0 nitrogen and oxygen atoms in total. The molecule has 0 aliphatic heterocycles. The third-order valence-corrected chi connectivity index (χ3v) is 32.7. The summed E-state index contributed by atoms with van der Waals surface area (Å²) in [5.41, 5.74) is 4.92. The first-order valence-corrected chi connectivity index (χ1v) is 20.5. The Labute approximate surface area is 200 Å². The lowest BCUT2D eigenvalue weighted by Crippen LogP contribution is -2.42. The molecular weight excluding hydrogens is 433 g/mol. The highest BCUT2D eigenvalue weighted by Crippen LogP contribution is 2.56. The van der Waals surface area contributed by atoms with Gasteiger partial charge in [-0.2, -0.15) is 22.4 Å². The highest BCUT2D eigenvalue weighted by molar-refractivity contribution is 8.34. The minimum Gasteiger partial charge on any atom is -0.157 e. The van der Waals surface area contributed by atoms with E-state index in [0.29, 0.717) is 0 Å². The minimum absolute atomic E-state index is 0.818. The molecular formula is C26H54S2Si2. The largest absolute Gasteiger partial charge is 0.157 e. The summed E-state index contributed by atoms with van der Waals surface area (Å²) in [6.45, 7) is 30.2. The van der Waals surface area contributed by atoms with Gasteiger partial charge in [-0.25, -0.2) is 0 Å². The molecule has 1 aliphatic carbocycles. The summed E-state index contributed by atoms with van der Waals surface area (Å²) in [6, 6.07) is 0. The molecule has 1 saturated carbocycles. The van der Waals surface area contributed by atoms with E-state index in [-0.39, 0.29) is 0 Å². The highest BCUT2D eigenvalue weighted by Gasteiger charge is 2.46. The van der Waals surface area contributed by atoms with Crippen LogP contribution >= 0.6 is 22.4 Å². The van der Waals surface area contributed by atoms with E-state index in [1.165, 1.54) is 32.1 Å². The molecule has 0 N–H and O–H groups in total. The lowest BCUT2D eigenvalue weighted by atomic mass is 9.89. The predicted molar refractivity (Wildman–Crippen MR) is 152 cm³/mol. The Morgan fingerprint density at radius 1 is 0.600 bits per heavy atom. The fraction of sp³-hybridized carbons (Fsp3) is 0.923. The summed E-state index contributed by atoms with van der Waals surface area (Å²) in [4.78, 5) is 1.81. The molecule has 0 saturated heterocycles. The van der Waals surface area contributed by atoms with Gasteiger partial charge in [0.15, 0.2) is 0 Å². The first-order valence-electron chi connectivity index (χ1n) is 12.9. The van der Waals surface area contributed by atoms with Gasteiger partial charge in [-0.3, -0.25) is 0 Å². The van der Waals surface area contributed by atoms with E-state index in [2.05, 4.69) is 111 Å². The molecule has 0 atom stereocenters. The molecule has 0 bridgehead atoms. The summed E-state index contributed by atoms with van der Waals surface area (Å²) in [6.07, 6.45) is 7.18. The van der Waals surface area contributed by atoms with Crippen molar-refractivity contribution in [1.29, 1.82) is 0 Å². The lowest BCUT2D eigenvalue weighted by Gasteiger charge is -2.45. The van der Waals surface area contributed by atoms with Crippen LogP contribution in [0.4, 0.5) is 0 Å². The maximum atomic E-state index is 2.77. The monoisotopic (exact) mass is 486 g/mol. The van der Waals surface area contributed by atoms with Crippen molar-refractivity contribution in [2.45, 2.75) is 148 Å². The molecule has 0 radical (unpaired) electrons. The molecule has 178 valence electrons. The molecule has 30 heavy (non-hydrogen) atoms. The van der Waals surface area contributed by atoms with Crippen molar-refractivity contribution in [3.63, 3.8) is 0 Å². The van der Waals surface area contributed by atoms with E-state index in [1.807, 2.05) is 0 Å². The van der Waals surface area contributed by atoms with Crippen molar-refractivity contribution in [2.24, 2.45) is 5.92 Å². The summed E-state index contributed by atoms with van der Waals surface area (Å²) in [7, 11) is -2.97.